The fourth-order valence-corrected chi connectivity index (χ4v) is 2.42. The molecule has 0 radical (unpaired) electrons. The smallest absolute Gasteiger partial charge is 0.240 e. The maximum absolute atomic E-state index is 12.4. The van der Waals surface area contributed by atoms with E-state index in [2.05, 4.69) is 37.4 Å². The van der Waals surface area contributed by atoms with Crippen LogP contribution in [0.4, 0.5) is 0 Å². The van der Waals surface area contributed by atoms with Crippen molar-refractivity contribution in [2.24, 2.45) is 5.73 Å². The summed E-state index contributed by atoms with van der Waals surface area (Å²) in [5.74, 6) is -0.0773. The topological polar surface area (TPSA) is 64.4 Å². The van der Waals surface area contributed by atoms with Crippen LogP contribution in [0.1, 0.15) is 42.5 Å². The van der Waals surface area contributed by atoms with Crippen LogP contribution >= 0.6 is 12.4 Å². The molecule has 3 N–H and O–H groups in total. The molecule has 1 amide bonds. The summed E-state index contributed by atoms with van der Waals surface area (Å²) in [7, 11) is 0. The number of hydrogen-bond acceptors (Lipinski definition) is 3. The second-order valence-electron chi connectivity index (χ2n) is 5.81. The summed E-state index contributed by atoms with van der Waals surface area (Å²) in [6, 6.07) is 6.22. The molecule has 0 bridgehead atoms. The van der Waals surface area contributed by atoms with E-state index in [-0.39, 0.29) is 24.4 Å². The van der Waals surface area contributed by atoms with E-state index >= 15 is 0 Å². The number of carbonyl (C=O) groups excluding carboxylic acids is 1. The zero-order valence-electron chi connectivity index (χ0n) is 12.9. The molecule has 4 nitrogen and oxygen atoms in total. The summed E-state index contributed by atoms with van der Waals surface area (Å²) >= 11 is 0. The van der Waals surface area contributed by atoms with Crippen LogP contribution in [0, 0.1) is 13.8 Å². The molecule has 2 rings (SSSR count). The maximum atomic E-state index is 12.4. The first-order chi connectivity index (χ1) is 9.42. The Kier molecular flexibility index (Phi) is 6.20. The third kappa shape index (κ3) is 4.19. The van der Waals surface area contributed by atoms with Crippen LogP contribution in [0.2, 0.25) is 0 Å². The third-order valence-corrected chi connectivity index (χ3v) is 4.22. The van der Waals surface area contributed by atoms with Crippen LogP contribution in [-0.4, -0.2) is 24.7 Å². The van der Waals surface area contributed by atoms with E-state index in [9.17, 15) is 4.79 Å². The molecule has 0 aromatic heterocycles. The van der Waals surface area contributed by atoms with Gasteiger partial charge in [-0.25, -0.2) is 0 Å². The zero-order chi connectivity index (χ0) is 14.8. The number of aryl methyl sites for hydroxylation is 2. The van der Waals surface area contributed by atoms with Crippen molar-refractivity contribution in [3.05, 3.63) is 34.9 Å². The van der Waals surface area contributed by atoms with E-state index in [1.807, 2.05) is 6.92 Å². The number of hydrogen-bond donors (Lipinski definition) is 2. The molecular weight excluding hydrogens is 288 g/mol. The van der Waals surface area contributed by atoms with Crippen molar-refractivity contribution in [2.45, 2.75) is 45.2 Å². The highest BCUT2D eigenvalue weighted by Gasteiger charge is 2.36. The van der Waals surface area contributed by atoms with Crippen molar-refractivity contribution in [3.8, 4) is 0 Å². The number of nitrogens with two attached hydrogens (primary N) is 1. The summed E-state index contributed by atoms with van der Waals surface area (Å²) in [5.41, 5.74) is 9.00. The van der Waals surface area contributed by atoms with Crippen molar-refractivity contribution in [1.82, 2.24) is 5.32 Å². The molecule has 1 aliphatic heterocycles. The van der Waals surface area contributed by atoms with Crippen LogP contribution in [0.15, 0.2) is 18.2 Å². The molecule has 1 aromatic rings. The lowest BCUT2D eigenvalue weighted by Gasteiger charge is -2.33. The number of amides is 1. The highest BCUT2D eigenvalue weighted by atomic mass is 35.5. The van der Waals surface area contributed by atoms with E-state index < -0.39 is 5.54 Å². The van der Waals surface area contributed by atoms with Crippen molar-refractivity contribution in [2.75, 3.05) is 13.2 Å². The Morgan fingerprint density at radius 3 is 2.48 bits per heavy atom. The highest BCUT2D eigenvalue weighted by Crippen LogP contribution is 2.21. The SMILES string of the molecule is Cc1ccc(C(C)NC(=O)C2(N)CCOCC2)cc1C.Cl. The molecule has 21 heavy (non-hydrogen) atoms. The summed E-state index contributed by atoms with van der Waals surface area (Å²) in [6.45, 7) is 7.27. The Balaban J connectivity index is 0.00000220. The molecule has 0 aliphatic carbocycles. The van der Waals surface area contributed by atoms with E-state index in [1.54, 1.807) is 0 Å². The number of halogens is 1. The summed E-state index contributed by atoms with van der Waals surface area (Å²) < 4.78 is 5.27. The molecule has 1 aromatic carbocycles. The first kappa shape index (κ1) is 18.0. The van der Waals surface area contributed by atoms with Gasteiger partial charge in [-0.1, -0.05) is 18.2 Å². The Morgan fingerprint density at radius 2 is 1.90 bits per heavy atom. The second kappa shape index (κ2) is 7.25. The van der Waals surface area contributed by atoms with Gasteiger partial charge in [-0.05, 0) is 50.3 Å². The standard InChI is InChI=1S/C16H24N2O2.ClH/c1-11-4-5-14(10-12(11)2)13(3)18-15(19)16(17)6-8-20-9-7-16;/h4-5,10,13H,6-9,17H2,1-3H3,(H,18,19);1H. The molecule has 118 valence electrons. The number of ether oxygens (including phenoxy) is 1. The Hall–Kier alpha value is -1.10. The minimum Gasteiger partial charge on any atom is -0.381 e. The quantitative estimate of drug-likeness (QED) is 0.901. The van der Waals surface area contributed by atoms with Crippen LogP contribution in [0.3, 0.4) is 0 Å². The maximum Gasteiger partial charge on any atom is 0.240 e. The first-order valence-corrected chi connectivity index (χ1v) is 7.17. The van der Waals surface area contributed by atoms with Gasteiger partial charge in [0.2, 0.25) is 5.91 Å². The fourth-order valence-electron chi connectivity index (χ4n) is 2.42. The van der Waals surface area contributed by atoms with Gasteiger partial charge in [0.1, 0.15) is 0 Å². The monoisotopic (exact) mass is 312 g/mol. The molecule has 1 saturated heterocycles. The van der Waals surface area contributed by atoms with Gasteiger partial charge < -0.3 is 15.8 Å². The van der Waals surface area contributed by atoms with Crippen molar-refractivity contribution in [1.29, 1.82) is 0 Å². The van der Waals surface area contributed by atoms with Crippen LogP contribution in [0.5, 0.6) is 0 Å². The number of carbonyl (C=O) groups is 1. The average Bonchev–Trinajstić information content (AvgIpc) is 2.42. The van der Waals surface area contributed by atoms with Gasteiger partial charge in [0.05, 0.1) is 11.6 Å². The first-order valence-electron chi connectivity index (χ1n) is 7.17. The van der Waals surface area contributed by atoms with Gasteiger partial charge in [-0.3, -0.25) is 4.79 Å². The predicted molar refractivity (Wildman–Crippen MR) is 86.7 cm³/mol. The third-order valence-electron chi connectivity index (χ3n) is 4.22. The minimum atomic E-state index is -0.785. The van der Waals surface area contributed by atoms with E-state index in [4.69, 9.17) is 10.5 Å². The van der Waals surface area contributed by atoms with E-state index in [0.717, 1.165) is 5.56 Å². The van der Waals surface area contributed by atoms with Crippen molar-refractivity contribution >= 4 is 18.3 Å². The van der Waals surface area contributed by atoms with Gasteiger partial charge in [0.25, 0.3) is 0 Å². The number of rotatable bonds is 3. The lowest BCUT2D eigenvalue weighted by molar-refractivity contribution is -0.130. The van der Waals surface area contributed by atoms with Crippen LogP contribution in [-0.2, 0) is 9.53 Å². The Morgan fingerprint density at radius 1 is 1.29 bits per heavy atom. The van der Waals surface area contributed by atoms with Crippen LogP contribution in [0.25, 0.3) is 0 Å². The predicted octanol–water partition coefficient (Wildman–Crippen LogP) is 2.41. The van der Waals surface area contributed by atoms with Crippen molar-refractivity contribution in [3.63, 3.8) is 0 Å². The molecule has 1 unspecified atom stereocenters. The lowest BCUT2D eigenvalue weighted by Crippen LogP contribution is -2.57. The molecule has 1 heterocycles. The number of nitrogens with one attached hydrogen (secondary N) is 1. The normalized spacial score (nSPS) is 18.5. The summed E-state index contributed by atoms with van der Waals surface area (Å²) in [5, 5.41) is 3.03. The van der Waals surface area contributed by atoms with Gasteiger partial charge in [-0.15, -0.1) is 12.4 Å². The largest absolute Gasteiger partial charge is 0.381 e. The van der Waals surface area contributed by atoms with E-state index in [0.29, 0.717) is 26.1 Å². The summed E-state index contributed by atoms with van der Waals surface area (Å²) in [6.07, 6.45) is 1.16. The molecule has 5 heteroatoms. The van der Waals surface area contributed by atoms with Crippen molar-refractivity contribution < 1.29 is 9.53 Å². The molecule has 1 atom stereocenters. The molecular formula is C16H25ClN2O2. The van der Waals surface area contributed by atoms with Gasteiger partial charge in [-0.2, -0.15) is 0 Å². The zero-order valence-corrected chi connectivity index (χ0v) is 13.8. The van der Waals surface area contributed by atoms with Gasteiger partial charge >= 0.3 is 0 Å². The van der Waals surface area contributed by atoms with Gasteiger partial charge in [0, 0.05) is 13.2 Å². The van der Waals surface area contributed by atoms with E-state index in [1.165, 1.54) is 11.1 Å². The highest BCUT2D eigenvalue weighted by molar-refractivity contribution is 5.86. The Bertz CT molecular complexity index is 499. The van der Waals surface area contributed by atoms with Gasteiger partial charge in [0.15, 0.2) is 0 Å². The number of benzene rings is 1. The second-order valence-corrected chi connectivity index (χ2v) is 5.81. The van der Waals surface area contributed by atoms with Crippen LogP contribution < -0.4 is 11.1 Å². The average molecular weight is 313 g/mol. The molecule has 1 aliphatic rings. The summed E-state index contributed by atoms with van der Waals surface area (Å²) in [4.78, 5) is 12.4. The fraction of sp³-hybridized carbons (Fsp3) is 0.562. The minimum absolute atomic E-state index is 0. The Labute approximate surface area is 132 Å². The lowest BCUT2D eigenvalue weighted by atomic mass is 9.89. The molecule has 1 fully saturated rings. The molecule has 0 spiro atoms. The molecule has 0 saturated carbocycles.